The van der Waals surface area contributed by atoms with Gasteiger partial charge in [0.2, 0.25) is 0 Å². The van der Waals surface area contributed by atoms with Crippen molar-refractivity contribution in [2.45, 2.75) is 25.7 Å². The average Bonchev–Trinajstić information content (AvgIpc) is 3.44. The number of aryl methyl sites for hydroxylation is 4. The van der Waals surface area contributed by atoms with Crippen LogP contribution in [0.4, 0.5) is 0 Å². The van der Waals surface area contributed by atoms with Crippen molar-refractivity contribution >= 4 is 45.4 Å². The molecule has 9 rings (SSSR count). The molecular formula is C30H19P. The Balaban J connectivity index is 1.54. The first-order valence-electron chi connectivity index (χ1n) is 11.5. The van der Waals surface area contributed by atoms with Crippen molar-refractivity contribution in [2.24, 2.45) is 0 Å². The fourth-order valence-corrected chi connectivity index (χ4v) is 10.0. The van der Waals surface area contributed by atoms with E-state index < -0.39 is 7.92 Å². The molecule has 0 aromatic heterocycles. The lowest BCUT2D eigenvalue weighted by atomic mass is 9.90. The molecule has 2 aliphatic carbocycles. The Hall–Kier alpha value is -2.95. The average molecular weight is 410 g/mol. The molecule has 0 radical (unpaired) electrons. The van der Waals surface area contributed by atoms with Crippen LogP contribution in [0.5, 0.6) is 0 Å². The maximum absolute atomic E-state index is 2.50. The molecule has 144 valence electrons. The summed E-state index contributed by atoms with van der Waals surface area (Å²) in [5.74, 6) is 0. The van der Waals surface area contributed by atoms with Crippen molar-refractivity contribution in [3.8, 4) is 22.3 Å². The van der Waals surface area contributed by atoms with E-state index in [1.165, 1.54) is 47.9 Å². The Morgan fingerprint density at radius 2 is 0.871 bits per heavy atom. The largest absolute Gasteiger partial charge is 0.0610 e. The molecule has 0 nitrogen and oxygen atoms in total. The molecular weight excluding hydrogens is 391 g/mol. The molecule has 5 aromatic carbocycles. The lowest BCUT2D eigenvalue weighted by molar-refractivity contribution is 1.02. The minimum Gasteiger partial charge on any atom is -0.0610 e. The molecule has 0 unspecified atom stereocenters. The van der Waals surface area contributed by atoms with E-state index in [2.05, 4.69) is 66.7 Å². The van der Waals surface area contributed by atoms with E-state index >= 15 is 0 Å². The fourth-order valence-electron chi connectivity index (χ4n) is 7.03. The van der Waals surface area contributed by atoms with Crippen molar-refractivity contribution in [1.29, 1.82) is 0 Å². The Labute approximate surface area is 182 Å². The smallest absolute Gasteiger partial charge is 0.000679 e. The second kappa shape index (κ2) is 5.09. The minimum absolute atomic E-state index is 0.524. The van der Waals surface area contributed by atoms with Crippen LogP contribution in [0.2, 0.25) is 0 Å². The Morgan fingerprint density at radius 1 is 0.419 bits per heavy atom. The Morgan fingerprint density at radius 3 is 1.35 bits per heavy atom. The molecule has 0 fully saturated rings. The van der Waals surface area contributed by atoms with Gasteiger partial charge < -0.3 is 0 Å². The van der Waals surface area contributed by atoms with Gasteiger partial charge in [-0.3, -0.25) is 0 Å². The number of hydrogen-bond donors (Lipinski definition) is 0. The van der Waals surface area contributed by atoms with Gasteiger partial charge in [-0.15, -0.1) is 0 Å². The molecule has 2 aliphatic heterocycles. The highest BCUT2D eigenvalue weighted by Crippen LogP contribution is 2.55. The number of fused-ring (bicyclic) bond motifs is 4. The molecule has 4 aliphatic rings. The number of rotatable bonds is 0. The van der Waals surface area contributed by atoms with Crippen LogP contribution >= 0.6 is 7.92 Å². The quantitative estimate of drug-likeness (QED) is 0.273. The normalized spacial score (nSPS) is 16.4. The van der Waals surface area contributed by atoms with Crippen molar-refractivity contribution in [2.75, 3.05) is 0 Å². The highest BCUT2D eigenvalue weighted by atomic mass is 31.1. The van der Waals surface area contributed by atoms with Gasteiger partial charge in [0, 0.05) is 5.30 Å². The summed E-state index contributed by atoms with van der Waals surface area (Å²) in [6, 6.07) is 26.6. The van der Waals surface area contributed by atoms with Gasteiger partial charge in [-0.1, -0.05) is 66.7 Å². The number of benzene rings is 5. The monoisotopic (exact) mass is 410 g/mol. The summed E-state index contributed by atoms with van der Waals surface area (Å²) in [7, 11) is -0.524. The summed E-state index contributed by atoms with van der Waals surface area (Å²) in [6.07, 6.45) is 4.80. The Bertz CT molecular complexity index is 1550. The van der Waals surface area contributed by atoms with Gasteiger partial charge in [0.15, 0.2) is 0 Å². The summed E-state index contributed by atoms with van der Waals surface area (Å²) in [4.78, 5) is 0. The van der Waals surface area contributed by atoms with E-state index in [0.29, 0.717) is 0 Å². The van der Waals surface area contributed by atoms with E-state index in [0.717, 1.165) is 0 Å². The first-order valence-corrected chi connectivity index (χ1v) is 12.8. The molecule has 2 heterocycles. The third-order valence-electron chi connectivity index (χ3n) is 8.27. The third-order valence-corrected chi connectivity index (χ3v) is 10.9. The van der Waals surface area contributed by atoms with Crippen LogP contribution in [0, 0.1) is 0 Å². The van der Waals surface area contributed by atoms with Crippen LogP contribution in [0.25, 0.3) is 43.8 Å². The van der Waals surface area contributed by atoms with Crippen LogP contribution in [0.3, 0.4) is 0 Å². The minimum atomic E-state index is -0.524. The van der Waals surface area contributed by atoms with Crippen molar-refractivity contribution in [3.63, 3.8) is 0 Å². The van der Waals surface area contributed by atoms with Crippen molar-refractivity contribution < 1.29 is 0 Å². The van der Waals surface area contributed by atoms with E-state index in [1.807, 2.05) is 0 Å². The van der Waals surface area contributed by atoms with Gasteiger partial charge in [-0.25, -0.2) is 0 Å². The van der Waals surface area contributed by atoms with Crippen LogP contribution in [-0.2, 0) is 25.7 Å². The first kappa shape index (κ1) is 15.8. The lowest BCUT2D eigenvalue weighted by Gasteiger charge is -2.36. The van der Waals surface area contributed by atoms with Crippen LogP contribution < -0.4 is 15.9 Å². The second-order valence-corrected chi connectivity index (χ2v) is 11.7. The molecule has 1 heteroatoms. The van der Waals surface area contributed by atoms with Gasteiger partial charge >= 0.3 is 0 Å². The lowest BCUT2D eigenvalue weighted by Crippen LogP contribution is -2.31. The van der Waals surface area contributed by atoms with E-state index in [1.54, 1.807) is 59.7 Å². The molecule has 0 saturated carbocycles. The summed E-state index contributed by atoms with van der Waals surface area (Å²) in [6.45, 7) is 0. The highest BCUT2D eigenvalue weighted by molar-refractivity contribution is 7.81. The predicted molar refractivity (Wildman–Crippen MR) is 133 cm³/mol. The molecule has 31 heavy (non-hydrogen) atoms. The fraction of sp³-hybridized carbons (Fsp3) is 0.133. The van der Waals surface area contributed by atoms with Crippen LogP contribution in [-0.4, -0.2) is 0 Å². The van der Waals surface area contributed by atoms with Gasteiger partial charge in [0.1, 0.15) is 0 Å². The first-order chi connectivity index (χ1) is 15.4. The van der Waals surface area contributed by atoms with Crippen LogP contribution in [0.15, 0.2) is 66.7 Å². The summed E-state index contributed by atoms with van der Waals surface area (Å²) >= 11 is 0. The van der Waals surface area contributed by atoms with Gasteiger partial charge in [-0.05, 0) is 110 Å². The third kappa shape index (κ3) is 1.66. The standard InChI is InChI=1S/C30H19P/c1-2-22-20-12-8-16-4-6-18-10-14-24(28(20)26(16)18)31-25-15-11-19-7-5-17-9-13-21(29(25)27(17)19)23(3-1)30(22)31/h1-3,8-15H,4-7H2. The maximum Gasteiger partial charge on any atom is 0.000679 e. The molecule has 0 saturated heterocycles. The summed E-state index contributed by atoms with van der Waals surface area (Å²) in [5.41, 5.74) is 12.1. The zero-order valence-electron chi connectivity index (χ0n) is 17.1. The number of hydrogen-bond acceptors (Lipinski definition) is 0. The predicted octanol–water partition coefficient (Wildman–Crippen LogP) is 5.91. The highest BCUT2D eigenvalue weighted by Gasteiger charge is 2.37. The Kier molecular flexibility index (Phi) is 2.59. The molecule has 5 aromatic rings. The molecule has 0 atom stereocenters. The zero-order valence-corrected chi connectivity index (χ0v) is 18.0. The van der Waals surface area contributed by atoms with Crippen molar-refractivity contribution in [3.05, 3.63) is 89.0 Å². The van der Waals surface area contributed by atoms with Gasteiger partial charge in [0.05, 0.1) is 0 Å². The molecule has 0 amide bonds. The van der Waals surface area contributed by atoms with Gasteiger partial charge in [0.25, 0.3) is 0 Å². The summed E-state index contributed by atoms with van der Waals surface area (Å²) < 4.78 is 0. The van der Waals surface area contributed by atoms with Crippen LogP contribution in [0.1, 0.15) is 22.3 Å². The van der Waals surface area contributed by atoms with Gasteiger partial charge in [-0.2, -0.15) is 0 Å². The van der Waals surface area contributed by atoms with E-state index in [4.69, 9.17) is 0 Å². The molecule has 0 N–H and O–H groups in total. The molecule has 0 bridgehead atoms. The topological polar surface area (TPSA) is 0 Å². The zero-order chi connectivity index (χ0) is 19.8. The van der Waals surface area contributed by atoms with E-state index in [9.17, 15) is 0 Å². The van der Waals surface area contributed by atoms with E-state index in [-0.39, 0.29) is 0 Å². The second-order valence-electron chi connectivity index (χ2n) is 9.57. The van der Waals surface area contributed by atoms with Crippen molar-refractivity contribution in [1.82, 2.24) is 0 Å². The SMILES string of the molecule is c1cc2c3c(c1)-c1ccc4c5c(ccc(c15)P3c1ccc3c5c(ccc-2c15)CC3)CC4. The molecule has 0 spiro atoms. The maximum atomic E-state index is 2.50. The summed E-state index contributed by atoms with van der Waals surface area (Å²) in [5, 5.41) is 11.1.